The summed E-state index contributed by atoms with van der Waals surface area (Å²) in [6, 6.07) is 8.04. The smallest absolute Gasteiger partial charge is 0.319 e. The lowest BCUT2D eigenvalue weighted by molar-refractivity contribution is -0.142. The van der Waals surface area contributed by atoms with E-state index in [-0.39, 0.29) is 12.5 Å². The van der Waals surface area contributed by atoms with E-state index in [4.69, 9.17) is 4.74 Å². The summed E-state index contributed by atoms with van der Waals surface area (Å²) < 4.78 is 7.01. The van der Waals surface area contributed by atoms with Crippen LogP contribution in [0.1, 0.15) is 19.7 Å². The maximum absolute atomic E-state index is 11.2. The first-order valence-electron chi connectivity index (χ1n) is 6.56. The van der Waals surface area contributed by atoms with Crippen molar-refractivity contribution in [1.29, 1.82) is 0 Å². The second kappa shape index (κ2) is 6.33. The minimum atomic E-state index is -0.235. The number of benzene rings is 1. The molecule has 0 spiro atoms. The standard InChI is InChI=1S/C14H19N3O2/c1-3-17-12-8-6-5-7-11(12)16-13(17)9-15-10-14(18)19-4-2/h5-8,15H,3-4,9-10H2,1-2H3. The summed E-state index contributed by atoms with van der Waals surface area (Å²) in [4.78, 5) is 15.8. The normalized spacial score (nSPS) is 10.8. The Morgan fingerprint density at radius 2 is 2.16 bits per heavy atom. The van der Waals surface area contributed by atoms with E-state index in [1.54, 1.807) is 6.92 Å². The fourth-order valence-corrected chi connectivity index (χ4v) is 2.10. The van der Waals surface area contributed by atoms with Crippen molar-refractivity contribution in [2.24, 2.45) is 0 Å². The lowest BCUT2D eigenvalue weighted by Gasteiger charge is -2.07. The zero-order valence-corrected chi connectivity index (χ0v) is 11.3. The Kier molecular flexibility index (Phi) is 4.52. The van der Waals surface area contributed by atoms with Crippen molar-refractivity contribution < 1.29 is 9.53 Å². The molecule has 0 aliphatic carbocycles. The lowest BCUT2D eigenvalue weighted by atomic mass is 10.3. The Hall–Kier alpha value is -1.88. The molecule has 0 radical (unpaired) electrons. The predicted octanol–water partition coefficient (Wildman–Crippen LogP) is 1.71. The highest BCUT2D eigenvalue weighted by Crippen LogP contribution is 2.15. The number of ether oxygens (including phenoxy) is 1. The third-order valence-electron chi connectivity index (χ3n) is 2.91. The number of para-hydroxylation sites is 2. The highest BCUT2D eigenvalue weighted by atomic mass is 16.5. The van der Waals surface area contributed by atoms with Gasteiger partial charge in [-0.25, -0.2) is 4.98 Å². The van der Waals surface area contributed by atoms with Crippen LogP contribution in [0.3, 0.4) is 0 Å². The summed E-state index contributed by atoms with van der Waals surface area (Å²) in [6.45, 7) is 5.92. The zero-order valence-electron chi connectivity index (χ0n) is 11.3. The number of hydrogen-bond donors (Lipinski definition) is 1. The monoisotopic (exact) mass is 261 g/mol. The molecule has 2 rings (SSSR count). The second-order valence-electron chi connectivity index (χ2n) is 4.17. The number of rotatable bonds is 6. The van der Waals surface area contributed by atoms with Gasteiger partial charge in [-0.3, -0.25) is 10.1 Å². The summed E-state index contributed by atoms with van der Waals surface area (Å²) in [5, 5.41) is 3.06. The van der Waals surface area contributed by atoms with Crippen LogP contribution >= 0.6 is 0 Å². The van der Waals surface area contributed by atoms with E-state index in [1.807, 2.05) is 18.2 Å². The Balaban J connectivity index is 2.06. The van der Waals surface area contributed by atoms with Gasteiger partial charge < -0.3 is 9.30 Å². The zero-order chi connectivity index (χ0) is 13.7. The fraction of sp³-hybridized carbons (Fsp3) is 0.429. The van der Waals surface area contributed by atoms with E-state index in [9.17, 15) is 4.79 Å². The van der Waals surface area contributed by atoms with Crippen molar-refractivity contribution in [2.45, 2.75) is 26.9 Å². The number of aryl methyl sites for hydroxylation is 1. The Morgan fingerprint density at radius 1 is 1.37 bits per heavy atom. The van der Waals surface area contributed by atoms with Gasteiger partial charge in [0.1, 0.15) is 5.82 Å². The minimum Gasteiger partial charge on any atom is -0.465 e. The molecule has 1 aromatic carbocycles. The third kappa shape index (κ3) is 3.12. The van der Waals surface area contributed by atoms with Crippen LogP contribution < -0.4 is 5.32 Å². The molecule has 0 aliphatic heterocycles. The Bertz CT molecular complexity index is 563. The van der Waals surface area contributed by atoms with Gasteiger partial charge in [0.15, 0.2) is 0 Å². The molecule has 0 saturated carbocycles. The minimum absolute atomic E-state index is 0.209. The average Bonchev–Trinajstić information content (AvgIpc) is 2.76. The molecule has 5 heteroatoms. The summed E-state index contributed by atoms with van der Waals surface area (Å²) in [5.41, 5.74) is 2.11. The van der Waals surface area contributed by atoms with Crippen LogP contribution in [-0.4, -0.2) is 28.7 Å². The van der Waals surface area contributed by atoms with Gasteiger partial charge in [0.25, 0.3) is 0 Å². The summed E-state index contributed by atoms with van der Waals surface area (Å²) >= 11 is 0. The molecule has 1 heterocycles. The molecule has 0 unspecified atom stereocenters. The average molecular weight is 261 g/mol. The summed E-state index contributed by atoms with van der Waals surface area (Å²) in [7, 11) is 0. The molecular weight excluding hydrogens is 242 g/mol. The number of carbonyl (C=O) groups excluding carboxylic acids is 1. The number of carbonyl (C=O) groups is 1. The number of nitrogens with zero attached hydrogens (tertiary/aromatic N) is 2. The van der Waals surface area contributed by atoms with Gasteiger partial charge in [-0.05, 0) is 26.0 Å². The number of imidazole rings is 1. The topological polar surface area (TPSA) is 56.1 Å². The van der Waals surface area contributed by atoms with Gasteiger partial charge in [0.05, 0.1) is 30.7 Å². The van der Waals surface area contributed by atoms with Crippen LogP contribution in [0.2, 0.25) is 0 Å². The maximum Gasteiger partial charge on any atom is 0.319 e. The molecule has 5 nitrogen and oxygen atoms in total. The van der Waals surface area contributed by atoms with Gasteiger partial charge in [0.2, 0.25) is 0 Å². The van der Waals surface area contributed by atoms with E-state index in [2.05, 4.69) is 27.9 Å². The molecule has 1 aromatic heterocycles. The highest BCUT2D eigenvalue weighted by Gasteiger charge is 2.09. The second-order valence-corrected chi connectivity index (χ2v) is 4.17. The van der Waals surface area contributed by atoms with Gasteiger partial charge in [-0.15, -0.1) is 0 Å². The van der Waals surface area contributed by atoms with Crippen LogP contribution in [0.5, 0.6) is 0 Å². The summed E-state index contributed by atoms with van der Waals surface area (Å²) in [5.74, 6) is 0.703. The molecule has 0 saturated heterocycles. The first kappa shape index (κ1) is 13.5. The van der Waals surface area contributed by atoms with E-state index in [1.165, 1.54) is 0 Å². The van der Waals surface area contributed by atoms with E-state index in [0.717, 1.165) is 23.4 Å². The maximum atomic E-state index is 11.2. The summed E-state index contributed by atoms with van der Waals surface area (Å²) in [6.07, 6.45) is 0. The van der Waals surface area contributed by atoms with E-state index in [0.29, 0.717) is 13.2 Å². The fourth-order valence-electron chi connectivity index (χ4n) is 2.10. The number of fused-ring (bicyclic) bond motifs is 1. The van der Waals surface area contributed by atoms with Crippen LogP contribution in [0.15, 0.2) is 24.3 Å². The van der Waals surface area contributed by atoms with Crippen molar-refractivity contribution in [3.8, 4) is 0 Å². The van der Waals surface area contributed by atoms with Crippen LogP contribution in [-0.2, 0) is 22.6 Å². The number of esters is 1. The number of nitrogens with one attached hydrogen (secondary N) is 1. The molecule has 0 fully saturated rings. The van der Waals surface area contributed by atoms with E-state index < -0.39 is 0 Å². The molecular formula is C14H19N3O2. The van der Waals surface area contributed by atoms with Crippen molar-refractivity contribution >= 4 is 17.0 Å². The highest BCUT2D eigenvalue weighted by molar-refractivity contribution is 5.76. The largest absolute Gasteiger partial charge is 0.465 e. The molecule has 0 bridgehead atoms. The van der Waals surface area contributed by atoms with Gasteiger partial charge >= 0.3 is 5.97 Å². The van der Waals surface area contributed by atoms with Gasteiger partial charge in [0, 0.05) is 6.54 Å². The molecule has 2 aromatic rings. The number of hydrogen-bond acceptors (Lipinski definition) is 4. The van der Waals surface area contributed by atoms with Crippen molar-refractivity contribution in [1.82, 2.24) is 14.9 Å². The van der Waals surface area contributed by atoms with Gasteiger partial charge in [-0.2, -0.15) is 0 Å². The number of aromatic nitrogens is 2. The SMILES string of the molecule is CCOC(=O)CNCc1nc2ccccc2n1CC. The first-order valence-corrected chi connectivity index (χ1v) is 6.56. The lowest BCUT2D eigenvalue weighted by Crippen LogP contribution is -2.25. The van der Waals surface area contributed by atoms with Crippen LogP contribution in [0.25, 0.3) is 11.0 Å². The molecule has 102 valence electrons. The molecule has 0 aliphatic rings. The van der Waals surface area contributed by atoms with Crippen molar-refractivity contribution in [2.75, 3.05) is 13.2 Å². The van der Waals surface area contributed by atoms with Crippen LogP contribution in [0.4, 0.5) is 0 Å². The Morgan fingerprint density at radius 3 is 2.89 bits per heavy atom. The van der Waals surface area contributed by atoms with Crippen molar-refractivity contribution in [3.63, 3.8) is 0 Å². The third-order valence-corrected chi connectivity index (χ3v) is 2.91. The molecule has 19 heavy (non-hydrogen) atoms. The van der Waals surface area contributed by atoms with Crippen LogP contribution in [0, 0.1) is 0 Å². The Labute approximate surface area is 112 Å². The first-order chi connectivity index (χ1) is 9.26. The van der Waals surface area contributed by atoms with E-state index >= 15 is 0 Å². The molecule has 0 amide bonds. The molecule has 0 atom stereocenters. The quantitative estimate of drug-likeness (QED) is 0.804. The predicted molar refractivity (Wildman–Crippen MR) is 73.7 cm³/mol. The molecule has 1 N–H and O–H groups in total. The van der Waals surface area contributed by atoms with Gasteiger partial charge in [-0.1, -0.05) is 12.1 Å². The van der Waals surface area contributed by atoms with Crippen molar-refractivity contribution in [3.05, 3.63) is 30.1 Å².